The molecule has 0 N–H and O–H groups in total. The molecule has 0 aromatic heterocycles. The summed E-state index contributed by atoms with van der Waals surface area (Å²) in [6, 6.07) is 12.9. The zero-order chi connectivity index (χ0) is 20.1. The summed E-state index contributed by atoms with van der Waals surface area (Å²) in [6.07, 6.45) is 3.53. The van der Waals surface area contributed by atoms with Gasteiger partial charge in [0.2, 0.25) is 5.91 Å². The maximum atomic E-state index is 12.5. The lowest BCUT2D eigenvalue weighted by molar-refractivity contribution is -0.384. The summed E-state index contributed by atoms with van der Waals surface area (Å²) in [5.74, 6) is 0.0231. The van der Waals surface area contributed by atoms with Crippen LogP contribution in [0.4, 0.5) is 5.69 Å². The molecule has 146 valence electrons. The number of aryl methyl sites for hydroxylation is 2. The van der Waals surface area contributed by atoms with Crippen LogP contribution in [0.15, 0.2) is 48.5 Å². The average Bonchev–Trinajstić information content (AvgIpc) is 2.68. The van der Waals surface area contributed by atoms with Crippen molar-refractivity contribution in [3.63, 3.8) is 0 Å². The lowest BCUT2D eigenvalue weighted by Gasteiger charge is -2.34. The van der Waals surface area contributed by atoms with Gasteiger partial charge in [0, 0.05) is 50.9 Å². The number of piperazine rings is 1. The van der Waals surface area contributed by atoms with Crippen LogP contribution < -0.4 is 0 Å². The Morgan fingerprint density at radius 2 is 1.86 bits per heavy atom. The SMILES string of the molecule is Cc1ccc(/C=C/C(=O)N2CCN(Cc3cccc([N+](=O)[O-])c3)CC2)c(C)c1. The highest BCUT2D eigenvalue weighted by Crippen LogP contribution is 2.16. The van der Waals surface area contributed by atoms with Crippen LogP contribution in [0.25, 0.3) is 6.08 Å². The summed E-state index contributed by atoms with van der Waals surface area (Å²) in [7, 11) is 0. The maximum Gasteiger partial charge on any atom is 0.269 e. The van der Waals surface area contributed by atoms with Crippen molar-refractivity contribution < 1.29 is 9.72 Å². The number of hydrogen-bond donors (Lipinski definition) is 0. The van der Waals surface area contributed by atoms with Crippen molar-refractivity contribution in [3.05, 3.63) is 80.9 Å². The third-order valence-electron chi connectivity index (χ3n) is 5.04. The molecule has 6 nitrogen and oxygen atoms in total. The molecule has 2 aromatic rings. The van der Waals surface area contributed by atoms with Crippen molar-refractivity contribution in [1.29, 1.82) is 0 Å². The van der Waals surface area contributed by atoms with Gasteiger partial charge >= 0.3 is 0 Å². The molecule has 0 unspecified atom stereocenters. The fourth-order valence-electron chi connectivity index (χ4n) is 3.43. The molecule has 28 heavy (non-hydrogen) atoms. The molecule has 1 fully saturated rings. The van der Waals surface area contributed by atoms with Crippen LogP contribution in [-0.2, 0) is 11.3 Å². The molecule has 0 spiro atoms. The Labute approximate surface area is 165 Å². The monoisotopic (exact) mass is 379 g/mol. The van der Waals surface area contributed by atoms with E-state index in [0.29, 0.717) is 19.6 Å². The van der Waals surface area contributed by atoms with Gasteiger partial charge in [0.1, 0.15) is 0 Å². The van der Waals surface area contributed by atoms with Crippen molar-refractivity contribution >= 4 is 17.7 Å². The molecule has 3 rings (SSSR count). The van der Waals surface area contributed by atoms with Crippen LogP contribution in [0.3, 0.4) is 0 Å². The number of nitro groups is 1. The number of nitrogens with zero attached hydrogens (tertiary/aromatic N) is 3. The highest BCUT2D eigenvalue weighted by atomic mass is 16.6. The van der Waals surface area contributed by atoms with Gasteiger partial charge in [-0.3, -0.25) is 19.8 Å². The molecule has 6 heteroatoms. The first-order valence-electron chi connectivity index (χ1n) is 9.42. The molecule has 2 aromatic carbocycles. The van der Waals surface area contributed by atoms with Crippen LogP contribution in [0.1, 0.15) is 22.3 Å². The first-order valence-corrected chi connectivity index (χ1v) is 9.42. The topological polar surface area (TPSA) is 66.7 Å². The molecule has 1 aliphatic heterocycles. The van der Waals surface area contributed by atoms with Crippen molar-refractivity contribution in [1.82, 2.24) is 9.80 Å². The number of amides is 1. The summed E-state index contributed by atoms with van der Waals surface area (Å²) in [5.41, 5.74) is 4.46. The Morgan fingerprint density at radius 1 is 1.11 bits per heavy atom. The largest absolute Gasteiger partial charge is 0.337 e. The molecular weight excluding hydrogens is 354 g/mol. The normalized spacial score (nSPS) is 15.1. The lowest BCUT2D eigenvalue weighted by atomic mass is 10.1. The van der Waals surface area contributed by atoms with Gasteiger partial charge in [-0.15, -0.1) is 0 Å². The van der Waals surface area contributed by atoms with E-state index in [-0.39, 0.29) is 16.5 Å². The van der Waals surface area contributed by atoms with Crippen LogP contribution in [-0.4, -0.2) is 46.8 Å². The Balaban J connectivity index is 1.53. The second kappa shape index (κ2) is 8.80. The summed E-state index contributed by atoms with van der Waals surface area (Å²) < 4.78 is 0. The average molecular weight is 379 g/mol. The number of nitro benzene ring substituents is 1. The Bertz CT molecular complexity index is 900. The molecule has 1 aliphatic rings. The number of carbonyl (C=O) groups is 1. The minimum absolute atomic E-state index is 0.0231. The van der Waals surface area contributed by atoms with Crippen molar-refractivity contribution in [2.45, 2.75) is 20.4 Å². The molecule has 0 atom stereocenters. The van der Waals surface area contributed by atoms with Crippen LogP contribution in [0.2, 0.25) is 0 Å². The van der Waals surface area contributed by atoms with Gasteiger partial charge < -0.3 is 4.90 Å². The van der Waals surface area contributed by atoms with Gasteiger partial charge in [0.05, 0.1) is 4.92 Å². The van der Waals surface area contributed by atoms with Crippen molar-refractivity contribution in [3.8, 4) is 0 Å². The van der Waals surface area contributed by atoms with E-state index in [9.17, 15) is 14.9 Å². The second-order valence-electron chi connectivity index (χ2n) is 7.22. The van der Waals surface area contributed by atoms with E-state index in [1.165, 1.54) is 11.6 Å². The van der Waals surface area contributed by atoms with Crippen molar-refractivity contribution in [2.75, 3.05) is 26.2 Å². The number of rotatable bonds is 5. The fraction of sp³-hybridized carbons (Fsp3) is 0.318. The smallest absolute Gasteiger partial charge is 0.269 e. The van der Waals surface area contributed by atoms with E-state index in [2.05, 4.69) is 17.9 Å². The zero-order valence-electron chi connectivity index (χ0n) is 16.3. The fourth-order valence-corrected chi connectivity index (χ4v) is 3.43. The first kappa shape index (κ1) is 19.8. The van der Waals surface area contributed by atoms with E-state index >= 15 is 0 Å². The predicted molar refractivity (Wildman–Crippen MR) is 110 cm³/mol. The van der Waals surface area contributed by atoms with E-state index in [1.807, 2.05) is 36.1 Å². The number of hydrogen-bond acceptors (Lipinski definition) is 4. The maximum absolute atomic E-state index is 12.5. The van der Waals surface area contributed by atoms with Gasteiger partial charge in [-0.25, -0.2) is 0 Å². The Kier molecular flexibility index (Phi) is 6.21. The second-order valence-corrected chi connectivity index (χ2v) is 7.22. The quantitative estimate of drug-likeness (QED) is 0.452. The van der Waals surface area contributed by atoms with E-state index in [1.54, 1.807) is 18.2 Å². The minimum atomic E-state index is -0.373. The molecule has 0 bridgehead atoms. The summed E-state index contributed by atoms with van der Waals surface area (Å²) >= 11 is 0. The van der Waals surface area contributed by atoms with Gasteiger partial charge in [0.25, 0.3) is 5.69 Å². The van der Waals surface area contributed by atoms with Crippen LogP contribution >= 0.6 is 0 Å². The van der Waals surface area contributed by atoms with Crippen LogP contribution in [0, 0.1) is 24.0 Å². The highest BCUT2D eigenvalue weighted by molar-refractivity contribution is 5.92. The Morgan fingerprint density at radius 3 is 2.54 bits per heavy atom. The molecular formula is C22H25N3O3. The number of non-ortho nitro benzene ring substituents is 1. The summed E-state index contributed by atoms with van der Waals surface area (Å²) in [5, 5.41) is 10.9. The molecule has 0 aliphatic carbocycles. The summed E-state index contributed by atoms with van der Waals surface area (Å²) in [4.78, 5) is 27.1. The molecule has 1 heterocycles. The van der Waals surface area contributed by atoms with E-state index in [0.717, 1.165) is 29.8 Å². The molecule has 0 saturated carbocycles. The third-order valence-corrected chi connectivity index (χ3v) is 5.04. The third kappa shape index (κ3) is 5.04. The van der Waals surface area contributed by atoms with Gasteiger partial charge in [-0.1, -0.05) is 35.9 Å². The van der Waals surface area contributed by atoms with Gasteiger partial charge in [0.15, 0.2) is 0 Å². The van der Waals surface area contributed by atoms with Crippen molar-refractivity contribution in [2.24, 2.45) is 0 Å². The minimum Gasteiger partial charge on any atom is -0.337 e. The van der Waals surface area contributed by atoms with Crippen LogP contribution in [0.5, 0.6) is 0 Å². The van der Waals surface area contributed by atoms with Gasteiger partial charge in [-0.2, -0.15) is 0 Å². The zero-order valence-corrected chi connectivity index (χ0v) is 16.3. The highest BCUT2D eigenvalue weighted by Gasteiger charge is 2.20. The number of benzene rings is 2. The molecule has 0 radical (unpaired) electrons. The Hall–Kier alpha value is -2.99. The first-order chi connectivity index (χ1) is 13.4. The lowest BCUT2D eigenvalue weighted by Crippen LogP contribution is -2.47. The van der Waals surface area contributed by atoms with E-state index < -0.39 is 0 Å². The standard InChI is InChI=1S/C22H25N3O3/c1-17-6-7-20(18(2)14-17)8-9-22(26)24-12-10-23(11-13-24)16-19-4-3-5-21(15-19)25(27)28/h3-9,14-15H,10-13,16H2,1-2H3/b9-8+. The molecule has 1 amide bonds. The van der Waals surface area contributed by atoms with Gasteiger partial charge in [-0.05, 0) is 36.6 Å². The van der Waals surface area contributed by atoms with E-state index in [4.69, 9.17) is 0 Å². The summed E-state index contributed by atoms with van der Waals surface area (Å²) in [6.45, 7) is 7.58. The predicted octanol–water partition coefficient (Wildman–Crippen LogP) is 3.57. The number of carbonyl (C=O) groups excluding carboxylic acids is 1. The molecule has 1 saturated heterocycles.